The molecule has 0 radical (unpaired) electrons. The van der Waals surface area contributed by atoms with E-state index < -0.39 is 0 Å². The number of rotatable bonds is 4. The van der Waals surface area contributed by atoms with Crippen LogP contribution in [-0.2, 0) is 6.54 Å². The first-order valence-electron chi connectivity index (χ1n) is 8.23. The molecule has 1 aromatic carbocycles. The van der Waals surface area contributed by atoms with E-state index in [1.807, 2.05) is 30.3 Å². The fraction of sp³-hybridized carbons (Fsp3) is 0.278. The van der Waals surface area contributed by atoms with E-state index in [9.17, 15) is 4.79 Å². The van der Waals surface area contributed by atoms with Crippen molar-refractivity contribution in [1.29, 1.82) is 0 Å². The van der Waals surface area contributed by atoms with Crippen LogP contribution in [0.3, 0.4) is 0 Å². The van der Waals surface area contributed by atoms with Crippen molar-refractivity contribution in [2.24, 2.45) is 0 Å². The van der Waals surface area contributed by atoms with Gasteiger partial charge in [0, 0.05) is 31.7 Å². The normalized spacial score (nSPS) is 15.4. The Kier molecular flexibility index (Phi) is 4.30. The van der Waals surface area contributed by atoms with E-state index in [1.165, 1.54) is 6.26 Å². The molecule has 3 aromatic rings. The molecule has 1 aliphatic rings. The molecule has 0 saturated carbocycles. The van der Waals surface area contributed by atoms with E-state index in [0.717, 1.165) is 18.7 Å². The van der Waals surface area contributed by atoms with Crippen LogP contribution in [0.25, 0.3) is 11.4 Å². The van der Waals surface area contributed by atoms with E-state index in [2.05, 4.69) is 15.0 Å². The number of hydrogen-bond donors (Lipinski definition) is 0. The highest BCUT2D eigenvalue weighted by Crippen LogP contribution is 2.16. The smallest absolute Gasteiger partial charge is 0.289 e. The van der Waals surface area contributed by atoms with E-state index in [1.54, 1.807) is 17.0 Å². The van der Waals surface area contributed by atoms with E-state index in [0.29, 0.717) is 37.1 Å². The average molecular weight is 338 g/mol. The molecule has 0 spiro atoms. The van der Waals surface area contributed by atoms with Crippen molar-refractivity contribution in [2.45, 2.75) is 6.54 Å². The third-order valence-corrected chi connectivity index (χ3v) is 4.25. The Morgan fingerprint density at radius 1 is 1.04 bits per heavy atom. The van der Waals surface area contributed by atoms with Gasteiger partial charge >= 0.3 is 0 Å². The topological polar surface area (TPSA) is 75.6 Å². The zero-order valence-electron chi connectivity index (χ0n) is 13.7. The van der Waals surface area contributed by atoms with Gasteiger partial charge in [0.1, 0.15) is 0 Å². The van der Waals surface area contributed by atoms with Crippen LogP contribution in [0.15, 0.2) is 57.7 Å². The summed E-state index contributed by atoms with van der Waals surface area (Å²) in [5, 5.41) is 4.04. The molecule has 0 atom stereocenters. The average Bonchev–Trinajstić information content (AvgIpc) is 3.35. The Hall–Kier alpha value is -2.93. The Morgan fingerprint density at radius 3 is 2.56 bits per heavy atom. The number of carbonyl (C=O) groups is 1. The number of hydrogen-bond acceptors (Lipinski definition) is 6. The molecule has 25 heavy (non-hydrogen) atoms. The molecule has 128 valence electrons. The van der Waals surface area contributed by atoms with Gasteiger partial charge < -0.3 is 13.8 Å². The molecule has 0 N–H and O–H groups in total. The van der Waals surface area contributed by atoms with Gasteiger partial charge in [-0.05, 0) is 12.1 Å². The number of amides is 1. The van der Waals surface area contributed by atoms with Crippen molar-refractivity contribution in [3.05, 3.63) is 60.4 Å². The van der Waals surface area contributed by atoms with Gasteiger partial charge in [0.25, 0.3) is 5.91 Å². The lowest BCUT2D eigenvalue weighted by atomic mass is 10.2. The molecule has 7 heteroatoms. The van der Waals surface area contributed by atoms with Gasteiger partial charge in [-0.2, -0.15) is 4.98 Å². The Bertz CT molecular complexity index is 821. The summed E-state index contributed by atoms with van der Waals surface area (Å²) in [7, 11) is 0. The van der Waals surface area contributed by atoms with Gasteiger partial charge in [0.2, 0.25) is 11.7 Å². The van der Waals surface area contributed by atoms with Crippen LogP contribution in [0.5, 0.6) is 0 Å². The van der Waals surface area contributed by atoms with Gasteiger partial charge in [0.15, 0.2) is 5.76 Å². The summed E-state index contributed by atoms with van der Waals surface area (Å²) < 4.78 is 10.5. The summed E-state index contributed by atoms with van der Waals surface area (Å²) in [4.78, 5) is 20.7. The van der Waals surface area contributed by atoms with Gasteiger partial charge in [-0.1, -0.05) is 35.5 Å². The molecule has 3 heterocycles. The standard InChI is InChI=1S/C18H18N4O3/c23-18(15-7-4-12-24-15)22-10-8-21(9-11-22)13-16-19-17(20-25-16)14-5-2-1-3-6-14/h1-7,12H,8-11,13H2. The van der Waals surface area contributed by atoms with Crippen molar-refractivity contribution in [1.82, 2.24) is 19.9 Å². The fourth-order valence-electron chi connectivity index (χ4n) is 2.88. The third kappa shape index (κ3) is 3.46. The van der Waals surface area contributed by atoms with Crippen LogP contribution < -0.4 is 0 Å². The molecule has 1 saturated heterocycles. The van der Waals surface area contributed by atoms with E-state index >= 15 is 0 Å². The maximum Gasteiger partial charge on any atom is 0.289 e. The van der Waals surface area contributed by atoms with Crippen molar-refractivity contribution in [3.63, 3.8) is 0 Å². The lowest BCUT2D eigenvalue weighted by Gasteiger charge is -2.33. The monoisotopic (exact) mass is 338 g/mol. The Labute approximate surface area is 144 Å². The fourth-order valence-corrected chi connectivity index (χ4v) is 2.88. The lowest BCUT2D eigenvalue weighted by molar-refractivity contribution is 0.0585. The minimum atomic E-state index is -0.0613. The minimum absolute atomic E-state index is 0.0613. The molecule has 0 bridgehead atoms. The molecule has 1 fully saturated rings. The number of furan rings is 1. The lowest BCUT2D eigenvalue weighted by Crippen LogP contribution is -2.48. The molecule has 4 rings (SSSR count). The summed E-state index contributed by atoms with van der Waals surface area (Å²) in [6.07, 6.45) is 1.52. The number of piperazine rings is 1. The molecule has 1 amide bonds. The van der Waals surface area contributed by atoms with Crippen molar-refractivity contribution in [3.8, 4) is 11.4 Å². The van der Waals surface area contributed by atoms with Crippen LogP contribution in [0.4, 0.5) is 0 Å². The van der Waals surface area contributed by atoms with Crippen LogP contribution in [0.1, 0.15) is 16.4 Å². The second kappa shape index (κ2) is 6.90. The Balaban J connectivity index is 1.33. The van der Waals surface area contributed by atoms with Gasteiger partial charge in [0.05, 0.1) is 12.8 Å². The number of benzene rings is 1. The summed E-state index contributed by atoms with van der Waals surface area (Å²) >= 11 is 0. The predicted octanol–water partition coefficient (Wildman–Crippen LogP) is 2.29. The molecule has 2 aromatic heterocycles. The van der Waals surface area contributed by atoms with E-state index in [4.69, 9.17) is 8.94 Å². The number of aromatic nitrogens is 2. The van der Waals surface area contributed by atoms with Gasteiger partial charge in [-0.3, -0.25) is 9.69 Å². The number of nitrogens with zero attached hydrogens (tertiary/aromatic N) is 4. The van der Waals surface area contributed by atoms with Crippen LogP contribution in [0, 0.1) is 0 Å². The van der Waals surface area contributed by atoms with Crippen molar-refractivity contribution >= 4 is 5.91 Å². The second-order valence-electron chi connectivity index (χ2n) is 5.92. The summed E-state index contributed by atoms with van der Waals surface area (Å²) in [5.74, 6) is 1.51. The zero-order chi connectivity index (χ0) is 17.1. The quantitative estimate of drug-likeness (QED) is 0.726. The minimum Gasteiger partial charge on any atom is -0.459 e. The summed E-state index contributed by atoms with van der Waals surface area (Å²) in [6, 6.07) is 13.2. The SMILES string of the molecule is O=C(c1ccco1)N1CCN(Cc2nc(-c3ccccc3)no2)CC1. The first kappa shape index (κ1) is 15.6. The molecule has 1 aliphatic heterocycles. The van der Waals surface area contributed by atoms with Crippen LogP contribution >= 0.6 is 0 Å². The maximum absolute atomic E-state index is 12.3. The Morgan fingerprint density at radius 2 is 1.84 bits per heavy atom. The largest absolute Gasteiger partial charge is 0.459 e. The van der Waals surface area contributed by atoms with Gasteiger partial charge in [-0.25, -0.2) is 0 Å². The summed E-state index contributed by atoms with van der Waals surface area (Å²) in [6.45, 7) is 3.41. The molecular weight excluding hydrogens is 320 g/mol. The maximum atomic E-state index is 12.3. The summed E-state index contributed by atoms with van der Waals surface area (Å²) in [5.41, 5.74) is 0.936. The van der Waals surface area contributed by atoms with E-state index in [-0.39, 0.29) is 5.91 Å². The first-order valence-corrected chi connectivity index (χ1v) is 8.23. The first-order chi connectivity index (χ1) is 12.3. The zero-order valence-corrected chi connectivity index (χ0v) is 13.7. The van der Waals surface area contributed by atoms with Crippen molar-refractivity contribution < 1.29 is 13.7 Å². The molecular formula is C18H18N4O3. The highest BCUT2D eigenvalue weighted by atomic mass is 16.5. The van der Waals surface area contributed by atoms with Gasteiger partial charge in [-0.15, -0.1) is 0 Å². The highest BCUT2D eigenvalue weighted by molar-refractivity contribution is 5.91. The van der Waals surface area contributed by atoms with Crippen LogP contribution in [0.2, 0.25) is 0 Å². The van der Waals surface area contributed by atoms with Crippen molar-refractivity contribution in [2.75, 3.05) is 26.2 Å². The third-order valence-electron chi connectivity index (χ3n) is 4.25. The van der Waals surface area contributed by atoms with Crippen LogP contribution in [-0.4, -0.2) is 52.0 Å². The second-order valence-corrected chi connectivity index (χ2v) is 5.92. The molecule has 0 aliphatic carbocycles. The number of carbonyl (C=O) groups excluding carboxylic acids is 1. The molecule has 0 unspecified atom stereocenters. The molecule has 7 nitrogen and oxygen atoms in total. The predicted molar refractivity (Wildman–Crippen MR) is 89.6 cm³/mol. The highest BCUT2D eigenvalue weighted by Gasteiger charge is 2.24.